The van der Waals surface area contributed by atoms with Crippen LogP contribution in [-0.2, 0) is 13.8 Å². The van der Waals surface area contributed by atoms with Gasteiger partial charge in [0.25, 0.3) is 0 Å². The second-order valence-electron chi connectivity index (χ2n) is 4.91. The molecule has 0 aliphatic carbocycles. The van der Waals surface area contributed by atoms with Crippen molar-refractivity contribution in [3.8, 4) is 0 Å². The van der Waals surface area contributed by atoms with Gasteiger partial charge in [0, 0.05) is 0 Å². The molecule has 1 saturated heterocycles. The minimum atomic E-state index is -5.22. The molecule has 0 unspecified atom stereocenters. The Balaban J connectivity index is 1.85. The van der Waals surface area contributed by atoms with Crippen molar-refractivity contribution in [2.45, 2.75) is 24.4 Å². The molecule has 3 heterocycles. The van der Waals surface area contributed by atoms with Crippen LogP contribution in [0.2, 0.25) is 0 Å². The average Bonchev–Trinajstić information content (AvgIpc) is 3.01. The Morgan fingerprint density at radius 3 is 2.78 bits per heavy atom. The van der Waals surface area contributed by atoms with E-state index < -0.39 is 38.8 Å². The van der Waals surface area contributed by atoms with Crippen LogP contribution in [0.5, 0.6) is 0 Å². The number of aromatic amines is 1. The highest BCUT2D eigenvalue weighted by Gasteiger charge is 2.45. The van der Waals surface area contributed by atoms with Gasteiger partial charge < -0.3 is 39.6 Å². The average molecular weight is 345 g/mol. The number of nitrogens with one attached hydrogen (secondary N) is 1. The third kappa shape index (κ3) is 3.05. The normalized spacial score (nSPS) is 28.5. The molecule has 1 aliphatic heterocycles. The Kier molecular flexibility index (Phi) is 4.06. The molecule has 0 aromatic carbocycles. The maximum atomic E-state index is 10.5. The lowest BCUT2D eigenvalue weighted by Crippen LogP contribution is -2.34. The molecule has 5 N–H and O–H groups in total. The Morgan fingerprint density at radius 1 is 1.35 bits per heavy atom. The van der Waals surface area contributed by atoms with Crippen LogP contribution in [-0.4, -0.2) is 55.3 Å². The van der Waals surface area contributed by atoms with Gasteiger partial charge in [-0.15, -0.1) is 0 Å². The first-order chi connectivity index (χ1) is 10.8. The van der Waals surface area contributed by atoms with Gasteiger partial charge in [0.05, 0.1) is 20.1 Å². The number of hydrogen-bond acceptors (Lipinski definition) is 11. The fourth-order valence-electron chi connectivity index (χ4n) is 2.36. The van der Waals surface area contributed by atoms with Crippen LogP contribution in [0.25, 0.3) is 11.0 Å². The zero-order valence-electron chi connectivity index (χ0n) is 11.4. The van der Waals surface area contributed by atoms with Crippen molar-refractivity contribution in [1.29, 1.82) is 0 Å². The number of hydrogen-bond donors (Lipinski definition) is 4. The van der Waals surface area contributed by atoms with E-state index in [-0.39, 0.29) is 22.5 Å². The predicted molar refractivity (Wildman–Crippen MR) is 69.3 cm³/mol. The molecule has 23 heavy (non-hydrogen) atoms. The van der Waals surface area contributed by atoms with E-state index in [1.807, 2.05) is 0 Å². The molecule has 3 rings (SSSR count). The second-order valence-corrected chi connectivity index (χ2v) is 6.07. The molecule has 13 heteroatoms. The van der Waals surface area contributed by atoms with Crippen molar-refractivity contribution in [3.63, 3.8) is 0 Å². The lowest BCUT2D eigenvalue weighted by atomic mass is 10.1. The Bertz CT molecular complexity index is 763. The minimum Gasteiger partial charge on any atom is -0.790 e. The van der Waals surface area contributed by atoms with Crippen LogP contribution in [0.1, 0.15) is 11.8 Å². The summed E-state index contributed by atoms with van der Waals surface area (Å²) in [6, 6.07) is 0. The van der Waals surface area contributed by atoms with E-state index in [4.69, 9.17) is 10.5 Å². The van der Waals surface area contributed by atoms with Gasteiger partial charge in [-0.1, -0.05) is 0 Å². The van der Waals surface area contributed by atoms with Crippen molar-refractivity contribution in [1.82, 2.24) is 20.2 Å². The molecule has 0 amide bonds. The molecule has 4 atom stereocenters. The van der Waals surface area contributed by atoms with Gasteiger partial charge in [0.2, 0.25) is 0 Å². The maximum Gasteiger partial charge on any atom is 0.155 e. The van der Waals surface area contributed by atoms with Gasteiger partial charge in [-0.2, -0.15) is 5.10 Å². The highest BCUT2D eigenvalue weighted by Crippen LogP contribution is 2.37. The molecule has 12 nitrogen and oxygen atoms in total. The van der Waals surface area contributed by atoms with Crippen molar-refractivity contribution in [2.24, 2.45) is 0 Å². The fourth-order valence-corrected chi connectivity index (χ4v) is 2.69. The van der Waals surface area contributed by atoms with Crippen LogP contribution in [0.15, 0.2) is 6.33 Å². The summed E-state index contributed by atoms with van der Waals surface area (Å²) >= 11 is 0. The molecular formula is C10H12N5O7P-2. The fraction of sp³-hybridized carbons (Fsp3) is 0.500. The number of anilines is 1. The number of nitrogen functional groups attached to an aromatic ring is 1. The van der Waals surface area contributed by atoms with Crippen molar-refractivity contribution >= 4 is 24.7 Å². The first-order valence-corrected chi connectivity index (χ1v) is 7.86. The highest BCUT2D eigenvalue weighted by atomic mass is 31.2. The van der Waals surface area contributed by atoms with E-state index in [2.05, 4.69) is 24.7 Å². The third-order valence-electron chi connectivity index (χ3n) is 3.44. The van der Waals surface area contributed by atoms with Crippen LogP contribution < -0.4 is 15.5 Å². The van der Waals surface area contributed by atoms with Crippen molar-refractivity contribution in [3.05, 3.63) is 12.0 Å². The minimum absolute atomic E-state index is 0.115. The van der Waals surface area contributed by atoms with Crippen molar-refractivity contribution in [2.75, 3.05) is 12.3 Å². The first kappa shape index (κ1) is 16.2. The van der Waals surface area contributed by atoms with Gasteiger partial charge in [0.1, 0.15) is 36.3 Å². The van der Waals surface area contributed by atoms with Gasteiger partial charge in [-0.05, 0) is 0 Å². The summed E-state index contributed by atoms with van der Waals surface area (Å²) in [5.41, 5.74) is 6.42. The summed E-state index contributed by atoms with van der Waals surface area (Å²) in [6.07, 6.45) is -4.00. The van der Waals surface area contributed by atoms with Gasteiger partial charge in [0.15, 0.2) is 11.3 Å². The van der Waals surface area contributed by atoms with Crippen LogP contribution >= 0.6 is 7.82 Å². The van der Waals surface area contributed by atoms with Gasteiger partial charge >= 0.3 is 0 Å². The Morgan fingerprint density at radius 2 is 2.09 bits per heavy atom. The molecule has 0 saturated carbocycles. The van der Waals surface area contributed by atoms with Crippen molar-refractivity contribution < 1.29 is 33.8 Å². The van der Waals surface area contributed by atoms with Gasteiger partial charge in [-0.25, -0.2) is 9.97 Å². The monoisotopic (exact) mass is 345 g/mol. The number of aliphatic hydroxyl groups excluding tert-OH is 2. The lowest BCUT2D eigenvalue weighted by molar-refractivity contribution is -0.343. The summed E-state index contributed by atoms with van der Waals surface area (Å²) in [7, 11) is -5.22. The quantitative estimate of drug-likeness (QED) is 0.409. The summed E-state index contributed by atoms with van der Waals surface area (Å²) in [4.78, 5) is 28.8. The molecule has 2 aromatic rings. The number of ether oxygens (including phenoxy) is 1. The maximum absolute atomic E-state index is 10.5. The molecular weight excluding hydrogens is 333 g/mol. The second kappa shape index (κ2) is 5.76. The van der Waals surface area contributed by atoms with E-state index in [9.17, 15) is 24.6 Å². The summed E-state index contributed by atoms with van der Waals surface area (Å²) in [5, 5.41) is 26.5. The highest BCUT2D eigenvalue weighted by molar-refractivity contribution is 7.43. The van der Waals surface area contributed by atoms with Crippen LogP contribution in [0.4, 0.5) is 5.82 Å². The molecule has 0 spiro atoms. The molecule has 126 valence electrons. The van der Waals surface area contributed by atoms with E-state index in [0.29, 0.717) is 0 Å². The Labute approximate surface area is 128 Å². The number of rotatable bonds is 4. The zero-order chi connectivity index (χ0) is 16.8. The summed E-state index contributed by atoms with van der Waals surface area (Å²) in [6.45, 7) is -0.720. The van der Waals surface area contributed by atoms with E-state index in [1.54, 1.807) is 0 Å². The van der Waals surface area contributed by atoms with Crippen LogP contribution in [0, 0.1) is 0 Å². The number of phosphoric acid groups is 1. The molecule has 0 radical (unpaired) electrons. The number of phosphoric ester groups is 1. The zero-order valence-corrected chi connectivity index (χ0v) is 12.3. The molecule has 0 bridgehead atoms. The number of nitrogens with two attached hydrogens (primary N) is 1. The number of aliphatic hydroxyl groups is 2. The molecule has 1 fully saturated rings. The largest absolute Gasteiger partial charge is 0.790 e. The number of fused-ring (bicyclic) bond motifs is 1. The number of nitrogens with zero attached hydrogens (tertiary/aromatic N) is 3. The number of aromatic nitrogens is 4. The Hall–Kier alpha value is -1.66. The predicted octanol–water partition coefficient (Wildman–Crippen LogP) is -3.06. The lowest BCUT2D eigenvalue weighted by Gasteiger charge is -2.30. The van der Waals surface area contributed by atoms with Crippen LogP contribution in [0.3, 0.4) is 0 Å². The first-order valence-electron chi connectivity index (χ1n) is 6.40. The summed E-state index contributed by atoms with van der Waals surface area (Å²) < 4.78 is 20.0. The number of H-pyrrole nitrogens is 1. The van der Waals surface area contributed by atoms with Gasteiger partial charge in [-0.3, -0.25) is 5.10 Å². The van der Waals surface area contributed by atoms with E-state index in [0.717, 1.165) is 0 Å². The topological polar surface area (TPSA) is 203 Å². The molecule has 1 aliphatic rings. The molecule has 2 aromatic heterocycles. The van der Waals surface area contributed by atoms with E-state index in [1.165, 1.54) is 6.33 Å². The standard InChI is InChI=1S/C10H14N5O7P/c11-10-6-4(12-2-13-10)5(14-15-6)9-8(17)7(16)3(22-9)1-21-23(18,19)20/h2-3,7-9,16-17H,1H2,(H,14,15)(H2,11,12,13)(H2,18,19,20)/p-2/t3-,7-,8-,9+/m1/s1. The smallest absolute Gasteiger partial charge is 0.155 e. The van der Waals surface area contributed by atoms with E-state index >= 15 is 0 Å². The SMILES string of the molecule is Nc1ncnc2c([C@@H]3O[C@H](COP(=O)([O-])[O-])[C@@H](O)[C@H]3O)[nH]nc12. The summed E-state index contributed by atoms with van der Waals surface area (Å²) in [5.74, 6) is 0.115. The third-order valence-corrected chi connectivity index (χ3v) is 3.90.